The van der Waals surface area contributed by atoms with Gasteiger partial charge in [0.15, 0.2) is 10.6 Å². The number of nitrogens with one attached hydrogen (secondary N) is 1. The van der Waals surface area contributed by atoms with Crippen LogP contribution in [0.25, 0.3) is 11.4 Å². The van der Waals surface area contributed by atoms with Crippen molar-refractivity contribution in [3.8, 4) is 11.4 Å². The minimum absolute atomic E-state index is 0.1000. The van der Waals surface area contributed by atoms with Crippen LogP contribution >= 0.6 is 23.8 Å². The van der Waals surface area contributed by atoms with Crippen molar-refractivity contribution in [2.45, 2.75) is 26.3 Å². The summed E-state index contributed by atoms with van der Waals surface area (Å²) >= 11 is 11.0. The summed E-state index contributed by atoms with van der Waals surface area (Å²) in [5, 5.41) is 18.3. The first-order chi connectivity index (χ1) is 9.21. The molecule has 106 valence electrons. The first-order valence-corrected chi connectivity index (χ1v) is 6.62. The van der Waals surface area contributed by atoms with E-state index < -0.39 is 4.92 Å². The first-order valence-electron chi connectivity index (χ1n) is 5.84. The molecule has 0 saturated heterocycles. The molecule has 0 spiro atoms. The lowest BCUT2D eigenvalue weighted by Gasteiger charge is -2.22. The van der Waals surface area contributed by atoms with Crippen LogP contribution in [-0.2, 0) is 5.54 Å². The van der Waals surface area contributed by atoms with E-state index in [1.54, 1.807) is 16.7 Å². The minimum atomic E-state index is -0.480. The maximum Gasteiger partial charge on any atom is 0.281 e. The molecule has 1 N–H and O–H groups in total. The average molecular weight is 313 g/mol. The molecule has 20 heavy (non-hydrogen) atoms. The molecule has 2 rings (SSSR count). The summed E-state index contributed by atoms with van der Waals surface area (Å²) < 4.78 is 2.16. The van der Waals surface area contributed by atoms with E-state index in [4.69, 9.17) is 23.8 Å². The average Bonchev–Trinajstić information content (AvgIpc) is 2.70. The van der Waals surface area contributed by atoms with Crippen LogP contribution in [0.3, 0.4) is 0 Å². The largest absolute Gasteiger partial charge is 0.295 e. The summed E-state index contributed by atoms with van der Waals surface area (Å²) in [5.41, 5.74) is -0.0777. The summed E-state index contributed by atoms with van der Waals surface area (Å²) in [6, 6.07) is 4.48. The number of aromatic amines is 1. The summed E-state index contributed by atoms with van der Waals surface area (Å²) in [6.07, 6.45) is 0. The van der Waals surface area contributed by atoms with E-state index in [0.717, 1.165) is 0 Å². The Labute approximate surface area is 125 Å². The van der Waals surface area contributed by atoms with Gasteiger partial charge < -0.3 is 0 Å². The van der Waals surface area contributed by atoms with Crippen molar-refractivity contribution < 1.29 is 4.92 Å². The third-order valence-corrected chi connectivity index (χ3v) is 3.25. The van der Waals surface area contributed by atoms with Crippen molar-refractivity contribution in [2.75, 3.05) is 0 Å². The highest BCUT2D eigenvalue weighted by Gasteiger charge is 2.25. The van der Waals surface area contributed by atoms with Crippen molar-refractivity contribution >= 4 is 29.5 Å². The normalized spacial score (nSPS) is 11.6. The molecule has 0 atom stereocenters. The van der Waals surface area contributed by atoms with E-state index in [1.807, 2.05) is 20.8 Å². The monoisotopic (exact) mass is 312 g/mol. The summed E-state index contributed by atoms with van der Waals surface area (Å²) in [7, 11) is 0. The van der Waals surface area contributed by atoms with Crippen LogP contribution in [-0.4, -0.2) is 19.7 Å². The smallest absolute Gasteiger partial charge is 0.281 e. The van der Waals surface area contributed by atoms with E-state index in [0.29, 0.717) is 21.2 Å². The molecule has 8 heteroatoms. The molecule has 0 unspecified atom stereocenters. The van der Waals surface area contributed by atoms with E-state index >= 15 is 0 Å². The van der Waals surface area contributed by atoms with Gasteiger partial charge in [0.05, 0.1) is 10.5 Å². The predicted octanol–water partition coefficient (Wildman–Crippen LogP) is 3.92. The van der Waals surface area contributed by atoms with Gasteiger partial charge in [-0.05, 0) is 45.1 Å². The zero-order chi connectivity index (χ0) is 15.1. The number of aromatic nitrogens is 3. The van der Waals surface area contributed by atoms with E-state index in [1.165, 1.54) is 6.07 Å². The zero-order valence-corrected chi connectivity index (χ0v) is 12.7. The molecule has 6 nitrogen and oxygen atoms in total. The van der Waals surface area contributed by atoms with Crippen LogP contribution < -0.4 is 0 Å². The Bertz CT molecular complexity index is 730. The van der Waals surface area contributed by atoms with Crippen LogP contribution in [0, 0.1) is 14.9 Å². The van der Waals surface area contributed by atoms with Crippen molar-refractivity contribution in [1.82, 2.24) is 14.8 Å². The molecule has 0 amide bonds. The number of halogens is 1. The van der Waals surface area contributed by atoms with Crippen molar-refractivity contribution in [3.05, 3.63) is 38.1 Å². The fraction of sp³-hybridized carbons (Fsp3) is 0.333. The lowest BCUT2D eigenvalue weighted by Crippen LogP contribution is -2.23. The van der Waals surface area contributed by atoms with Gasteiger partial charge in [0.1, 0.15) is 0 Å². The van der Waals surface area contributed by atoms with Crippen LogP contribution in [0.15, 0.2) is 18.2 Å². The standard InChI is InChI=1S/C12H13ClN4O2S/c1-12(2,3)16-10(14-15-11(16)20)8-5-4-7(13)6-9(8)17(18)19/h4-6H,1-3H3,(H,15,20). The molecule has 0 aliphatic rings. The Balaban J connectivity index is 2.77. The van der Waals surface area contributed by atoms with Gasteiger partial charge in [0, 0.05) is 16.6 Å². The number of nitro groups is 1. The molecule has 0 bridgehead atoms. The van der Waals surface area contributed by atoms with Crippen molar-refractivity contribution in [1.29, 1.82) is 0 Å². The first kappa shape index (κ1) is 14.7. The van der Waals surface area contributed by atoms with Gasteiger partial charge in [-0.2, -0.15) is 5.10 Å². The molecule has 1 aromatic carbocycles. The minimum Gasteiger partial charge on any atom is -0.295 e. The number of hydrogen-bond acceptors (Lipinski definition) is 4. The number of nitro benzene ring substituents is 1. The van der Waals surface area contributed by atoms with Gasteiger partial charge in [0.25, 0.3) is 5.69 Å². The van der Waals surface area contributed by atoms with E-state index in [2.05, 4.69) is 10.2 Å². The van der Waals surface area contributed by atoms with Gasteiger partial charge in [-0.1, -0.05) is 11.6 Å². The lowest BCUT2D eigenvalue weighted by atomic mass is 10.1. The second-order valence-electron chi connectivity index (χ2n) is 5.28. The van der Waals surface area contributed by atoms with Gasteiger partial charge in [-0.3, -0.25) is 19.8 Å². The molecule has 0 fully saturated rings. The van der Waals surface area contributed by atoms with Crippen LogP contribution in [0.1, 0.15) is 20.8 Å². The van der Waals surface area contributed by atoms with Crippen LogP contribution in [0.4, 0.5) is 5.69 Å². The topological polar surface area (TPSA) is 76.8 Å². The number of nitrogens with zero attached hydrogens (tertiary/aromatic N) is 3. The van der Waals surface area contributed by atoms with Crippen molar-refractivity contribution in [2.24, 2.45) is 0 Å². The van der Waals surface area contributed by atoms with E-state index in [-0.39, 0.29) is 11.2 Å². The van der Waals surface area contributed by atoms with Crippen LogP contribution in [0.5, 0.6) is 0 Å². The molecule has 0 aliphatic heterocycles. The Morgan fingerprint density at radius 3 is 2.65 bits per heavy atom. The van der Waals surface area contributed by atoms with E-state index in [9.17, 15) is 10.1 Å². The van der Waals surface area contributed by atoms with Gasteiger partial charge in [0.2, 0.25) is 0 Å². The number of rotatable bonds is 2. The highest BCUT2D eigenvalue weighted by Crippen LogP contribution is 2.33. The molecule has 0 aliphatic carbocycles. The summed E-state index contributed by atoms with van der Waals surface area (Å²) in [4.78, 5) is 10.7. The second-order valence-corrected chi connectivity index (χ2v) is 6.10. The molecule has 1 heterocycles. The third kappa shape index (κ3) is 2.59. The van der Waals surface area contributed by atoms with Gasteiger partial charge >= 0.3 is 0 Å². The molecule has 2 aromatic rings. The van der Waals surface area contributed by atoms with Gasteiger partial charge in [-0.15, -0.1) is 0 Å². The number of hydrogen-bond donors (Lipinski definition) is 1. The molecular weight excluding hydrogens is 300 g/mol. The fourth-order valence-electron chi connectivity index (χ4n) is 1.94. The Hall–Kier alpha value is -1.73. The number of benzene rings is 1. The maximum absolute atomic E-state index is 11.2. The Kier molecular flexibility index (Phi) is 3.66. The highest BCUT2D eigenvalue weighted by molar-refractivity contribution is 7.71. The maximum atomic E-state index is 11.2. The predicted molar refractivity (Wildman–Crippen MR) is 79.5 cm³/mol. The Morgan fingerprint density at radius 1 is 1.45 bits per heavy atom. The molecular formula is C12H13ClN4O2S. The third-order valence-electron chi connectivity index (χ3n) is 2.74. The number of H-pyrrole nitrogens is 1. The lowest BCUT2D eigenvalue weighted by molar-refractivity contribution is -0.384. The zero-order valence-electron chi connectivity index (χ0n) is 11.2. The fourth-order valence-corrected chi connectivity index (χ4v) is 2.52. The van der Waals surface area contributed by atoms with Gasteiger partial charge in [-0.25, -0.2) is 0 Å². The molecule has 0 saturated carbocycles. The highest BCUT2D eigenvalue weighted by atomic mass is 35.5. The quantitative estimate of drug-likeness (QED) is 0.518. The van der Waals surface area contributed by atoms with Crippen LogP contribution in [0.2, 0.25) is 5.02 Å². The molecule has 1 aromatic heterocycles. The Morgan fingerprint density at radius 2 is 2.10 bits per heavy atom. The molecule has 0 radical (unpaired) electrons. The van der Waals surface area contributed by atoms with Crippen molar-refractivity contribution in [3.63, 3.8) is 0 Å². The summed E-state index contributed by atoms with van der Waals surface area (Å²) in [6.45, 7) is 5.84. The SMILES string of the molecule is CC(C)(C)n1c(-c2ccc(Cl)cc2[N+](=O)[O-])n[nH]c1=S. The second kappa shape index (κ2) is 4.99. The summed E-state index contributed by atoms with van der Waals surface area (Å²) in [5.74, 6) is 0.422.